The molecule has 180 valence electrons. The van der Waals surface area contributed by atoms with Gasteiger partial charge in [0.2, 0.25) is 5.91 Å². The van der Waals surface area contributed by atoms with Crippen molar-refractivity contribution in [2.45, 2.75) is 51.4 Å². The molecule has 1 aromatic heterocycles. The quantitative estimate of drug-likeness (QED) is 0.341. The average Bonchev–Trinajstić information content (AvgIpc) is 3.22. The van der Waals surface area contributed by atoms with Crippen molar-refractivity contribution in [3.8, 4) is 0 Å². The zero-order valence-electron chi connectivity index (χ0n) is 19.4. The zero-order chi connectivity index (χ0) is 24.8. The number of amides is 2. The lowest BCUT2D eigenvalue weighted by atomic mass is 10.0. The third-order valence-corrected chi connectivity index (χ3v) is 6.87. The lowest BCUT2D eigenvalue weighted by molar-refractivity contribution is -0.113. The highest BCUT2D eigenvalue weighted by Gasteiger charge is 2.21. The highest BCUT2D eigenvalue weighted by Crippen LogP contribution is 2.26. The SMILES string of the molecule is CCn1c(SCC(=O)Nc2ccccc2C(C)C)nnc1[C@H](C)NC(=O)c1ccc(Cl)c(Cl)c1. The maximum atomic E-state index is 12.6. The van der Waals surface area contributed by atoms with Gasteiger partial charge < -0.3 is 15.2 Å². The maximum Gasteiger partial charge on any atom is 0.251 e. The molecule has 7 nitrogen and oxygen atoms in total. The highest BCUT2D eigenvalue weighted by atomic mass is 35.5. The molecule has 0 saturated heterocycles. The van der Waals surface area contributed by atoms with Gasteiger partial charge >= 0.3 is 0 Å². The molecule has 2 aromatic carbocycles. The number of thioether (sulfide) groups is 1. The monoisotopic (exact) mass is 519 g/mol. The van der Waals surface area contributed by atoms with E-state index >= 15 is 0 Å². The van der Waals surface area contributed by atoms with Gasteiger partial charge in [0.05, 0.1) is 21.8 Å². The summed E-state index contributed by atoms with van der Waals surface area (Å²) < 4.78 is 1.89. The number of aromatic nitrogens is 3. The summed E-state index contributed by atoms with van der Waals surface area (Å²) in [6.07, 6.45) is 0. The molecular weight excluding hydrogens is 493 g/mol. The van der Waals surface area contributed by atoms with Crippen LogP contribution in [0.15, 0.2) is 47.6 Å². The van der Waals surface area contributed by atoms with E-state index in [-0.39, 0.29) is 17.6 Å². The van der Waals surface area contributed by atoms with E-state index in [2.05, 4.69) is 34.7 Å². The van der Waals surface area contributed by atoms with Crippen molar-refractivity contribution in [2.75, 3.05) is 11.1 Å². The molecule has 1 atom stereocenters. The van der Waals surface area contributed by atoms with E-state index in [1.807, 2.05) is 42.7 Å². The molecule has 0 aliphatic heterocycles. The van der Waals surface area contributed by atoms with Crippen LogP contribution in [-0.4, -0.2) is 32.3 Å². The first-order chi connectivity index (χ1) is 16.2. The Kier molecular flexibility index (Phi) is 8.99. The Labute approximate surface area is 213 Å². The van der Waals surface area contributed by atoms with Crippen molar-refractivity contribution in [1.82, 2.24) is 20.1 Å². The number of nitrogens with zero attached hydrogens (tertiary/aromatic N) is 3. The van der Waals surface area contributed by atoms with E-state index < -0.39 is 6.04 Å². The van der Waals surface area contributed by atoms with Crippen LogP contribution in [0.1, 0.15) is 61.4 Å². The normalized spacial score (nSPS) is 12.0. The minimum absolute atomic E-state index is 0.119. The van der Waals surface area contributed by atoms with Crippen molar-refractivity contribution >= 4 is 52.5 Å². The van der Waals surface area contributed by atoms with E-state index in [0.717, 1.165) is 11.3 Å². The Bertz CT molecular complexity index is 1180. The number of halogens is 2. The number of hydrogen-bond donors (Lipinski definition) is 2. The van der Waals surface area contributed by atoms with Crippen LogP contribution in [0.5, 0.6) is 0 Å². The van der Waals surface area contributed by atoms with Gasteiger partial charge in [-0.1, -0.05) is 67.0 Å². The van der Waals surface area contributed by atoms with Crippen molar-refractivity contribution in [3.05, 3.63) is 69.5 Å². The van der Waals surface area contributed by atoms with Gasteiger partial charge in [-0.2, -0.15) is 0 Å². The average molecular weight is 520 g/mol. The Morgan fingerprint density at radius 3 is 2.47 bits per heavy atom. The van der Waals surface area contributed by atoms with E-state index in [1.165, 1.54) is 17.8 Å². The third-order valence-electron chi connectivity index (χ3n) is 5.17. The molecule has 3 aromatic rings. The molecule has 0 saturated carbocycles. The second-order valence-corrected chi connectivity index (χ2v) is 9.74. The van der Waals surface area contributed by atoms with Crippen molar-refractivity contribution in [1.29, 1.82) is 0 Å². The standard InChI is InChI=1S/C24H27Cl2N5O2S/c1-5-31-22(15(4)27-23(33)16-10-11-18(25)19(26)12-16)29-30-24(31)34-13-21(32)28-20-9-7-6-8-17(20)14(2)3/h6-12,14-15H,5,13H2,1-4H3,(H,27,33)(H,28,32)/t15-/m0/s1. The fraction of sp³-hybridized carbons (Fsp3) is 0.333. The fourth-order valence-electron chi connectivity index (χ4n) is 3.44. The molecule has 0 spiro atoms. The van der Waals surface area contributed by atoms with Crippen LogP contribution in [-0.2, 0) is 11.3 Å². The van der Waals surface area contributed by atoms with Gasteiger partial charge in [-0.25, -0.2) is 0 Å². The summed E-state index contributed by atoms with van der Waals surface area (Å²) in [7, 11) is 0. The molecule has 0 unspecified atom stereocenters. The molecule has 34 heavy (non-hydrogen) atoms. The van der Waals surface area contributed by atoms with Gasteiger partial charge in [-0.3, -0.25) is 9.59 Å². The van der Waals surface area contributed by atoms with Gasteiger partial charge in [0, 0.05) is 17.8 Å². The number of rotatable bonds is 9. The maximum absolute atomic E-state index is 12.6. The minimum Gasteiger partial charge on any atom is -0.342 e. The smallest absolute Gasteiger partial charge is 0.251 e. The number of anilines is 1. The number of hydrogen-bond acceptors (Lipinski definition) is 5. The molecule has 10 heteroatoms. The number of carbonyl (C=O) groups excluding carboxylic acids is 2. The zero-order valence-corrected chi connectivity index (χ0v) is 21.8. The second kappa shape index (κ2) is 11.7. The summed E-state index contributed by atoms with van der Waals surface area (Å²) in [6, 6.07) is 12.1. The Morgan fingerprint density at radius 1 is 1.06 bits per heavy atom. The minimum atomic E-state index is -0.407. The summed E-state index contributed by atoms with van der Waals surface area (Å²) in [6.45, 7) is 8.56. The van der Waals surface area contributed by atoms with Crippen molar-refractivity contribution in [3.63, 3.8) is 0 Å². The molecule has 0 bridgehead atoms. The van der Waals surface area contributed by atoms with Crippen LogP contribution < -0.4 is 10.6 Å². The summed E-state index contributed by atoms with van der Waals surface area (Å²) in [5.41, 5.74) is 2.31. The predicted octanol–water partition coefficient (Wildman–Crippen LogP) is 5.95. The van der Waals surface area contributed by atoms with Gasteiger partial charge in [0.25, 0.3) is 5.91 Å². The van der Waals surface area contributed by atoms with E-state index in [9.17, 15) is 9.59 Å². The van der Waals surface area contributed by atoms with Crippen LogP contribution in [0, 0.1) is 0 Å². The van der Waals surface area contributed by atoms with Gasteiger partial charge in [-0.05, 0) is 49.6 Å². The van der Waals surface area contributed by atoms with E-state index in [1.54, 1.807) is 12.1 Å². The molecular formula is C24H27Cl2N5O2S. The molecule has 2 amide bonds. The first-order valence-corrected chi connectivity index (χ1v) is 12.7. The molecule has 0 aliphatic rings. The predicted molar refractivity (Wildman–Crippen MR) is 138 cm³/mol. The van der Waals surface area contributed by atoms with Crippen LogP contribution >= 0.6 is 35.0 Å². The van der Waals surface area contributed by atoms with Crippen molar-refractivity contribution < 1.29 is 9.59 Å². The topological polar surface area (TPSA) is 88.9 Å². The second-order valence-electron chi connectivity index (χ2n) is 7.99. The molecule has 0 radical (unpaired) electrons. The summed E-state index contributed by atoms with van der Waals surface area (Å²) in [5.74, 6) is 0.675. The highest BCUT2D eigenvalue weighted by molar-refractivity contribution is 7.99. The van der Waals surface area contributed by atoms with Gasteiger partial charge in [0.15, 0.2) is 11.0 Å². The molecule has 3 rings (SSSR count). The Morgan fingerprint density at radius 2 is 1.79 bits per heavy atom. The first-order valence-electron chi connectivity index (χ1n) is 10.9. The summed E-state index contributed by atoms with van der Waals surface area (Å²) in [5, 5.41) is 15.7. The fourth-order valence-corrected chi connectivity index (χ4v) is 4.54. The van der Waals surface area contributed by atoms with Crippen LogP contribution in [0.25, 0.3) is 0 Å². The Balaban J connectivity index is 1.65. The van der Waals surface area contributed by atoms with Crippen LogP contribution in [0.4, 0.5) is 5.69 Å². The molecule has 0 aliphatic carbocycles. The summed E-state index contributed by atoms with van der Waals surface area (Å²) in [4.78, 5) is 25.2. The van der Waals surface area contributed by atoms with Crippen LogP contribution in [0.2, 0.25) is 10.0 Å². The van der Waals surface area contributed by atoms with Gasteiger partial charge in [0.1, 0.15) is 0 Å². The van der Waals surface area contributed by atoms with Crippen molar-refractivity contribution in [2.24, 2.45) is 0 Å². The molecule has 1 heterocycles. The first kappa shape index (κ1) is 26.1. The number of nitrogens with one attached hydrogen (secondary N) is 2. The van der Waals surface area contributed by atoms with E-state index in [4.69, 9.17) is 23.2 Å². The largest absolute Gasteiger partial charge is 0.342 e. The number of para-hydroxylation sites is 1. The van der Waals surface area contributed by atoms with Crippen LogP contribution in [0.3, 0.4) is 0 Å². The van der Waals surface area contributed by atoms with Gasteiger partial charge in [-0.15, -0.1) is 10.2 Å². The number of carbonyl (C=O) groups is 2. The third kappa shape index (κ3) is 6.31. The summed E-state index contributed by atoms with van der Waals surface area (Å²) >= 11 is 13.3. The van der Waals surface area contributed by atoms with E-state index in [0.29, 0.717) is 39.1 Å². The Hall–Kier alpha value is -2.55. The lowest BCUT2D eigenvalue weighted by Crippen LogP contribution is -2.28. The molecule has 0 fully saturated rings. The number of benzene rings is 2. The lowest BCUT2D eigenvalue weighted by Gasteiger charge is -2.15. The molecule has 2 N–H and O–H groups in total.